The summed E-state index contributed by atoms with van der Waals surface area (Å²) in [6.45, 7) is 2.12. The van der Waals surface area contributed by atoms with E-state index < -0.39 is 11.6 Å². The van der Waals surface area contributed by atoms with Gasteiger partial charge in [-0.1, -0.05) is 0 Å². The van der Waals surface area contributed by atoms with E-state index in [0.717, 1.165) is 18.2 Å². The minimum Gasteiger partial charge on any atom is -0.381 e. The maximum absolute atomic E-state index is 13.2. The van der Waals surface area contributed by atoms with Crippen LogP contribution in [0.4, 0.5) is 19.3 Å². The van der Waals surface area contributed by atoms with Crippen LogP contribution >= 0.6 is 0 Å². The van der Waals surface area contributed by atoms with Crippen LogP contribution in [0, 0.1) is 11.6 Å². The van der Waals surface area contributed by atoms with Gasteiger partial charge < -0.3 is 15.5 Å². The van der Waals surface area contributed by atoms with Gasteiger partial charge in [0, 0.05) is 26.2 Å². The first-order valence-electron chi connectivity index (χ1n) is 5.38. The van der Waals surface area contributed by atoms with Gasteiger partial charge in [-0.05, 0) is 18.2 Å². The molecule has 2 amide bonds. The molecule has 0 bridgehead atoms. The normalized spacial score (nSPS) is 14.9. The van der Waals surface area contributed by atoms with Crippen molar-refractivity contribution in [3.05, 3.63) is 29.8 Å². The second kappa shape index (κ2) is 4.99. The Morgan fingerprint density at radius 3 is 2.94 bits per heavy atom. The highest BCUT2D eigenvalue weighted by Gasteiger charge is 2.18. The van der Waals surface area contributed by atoms with Crippen molar-refractivity contribution < 1.29 is 13.6 Å². The van der Waals surface area contributed by atoms with Gasteiger partial charge in [0.1, 0.15) is 11.6 Å². The molecule has 4 nitrogen and oxygen atoms in total. The summed E-state index contributed by atoms with van der Waals surface area (Å²) in [6, 6.07) is 3.11. The first-order valence-corrected chi connectivity index (χ1v) is 5.38. The van der Waals surface area contributed by atoms with E-state index in [1.807, 2.05) is 0 Å². The van der Waals surface area contributed by atoms with Gasteiger partial charge >= 0.3 is 6.03 Å². The van der Waals surface area contributed by atoms with Crippen LogP contribution in [0.5, 0.6) is 0 Å². The van der Waals surface area contributed by atoms with E-state index in [2.05, 4.69) is 10.6 Å². The maximum atomic E-state index is 13.2. The largest absolute Gasteiger partial charge is 0.381 e. The zero-order valence-electron chi connectivity index (χ0n) is 9.17. The molecule has 1 aliphatic rings. The summed E-state index contributed by atoms with van der Waals surface area (Å²) in [4.78, 5) is 12.8. The predicted octanol–water partition coefficient (Wildman–Crippen LogP) is 1.40. The number of rotatable bonds is 4. The molecule has 1 saturated heterocycles. The summed E-state index contributed by atoms with van der Waals surface area (Å²) >= 11 is 0. The molecule has 0 unspecified atom stereocenters. The number of benzene rings is 1. The molecule has 6 heteroatoms. The Labute approximate surface area is 97.6 Å². The van der Waals surface area contributed by atoms with Crippen LogP contribution in [0.1, 0.15) is 0 Å². The third-order valence-corrected chi connectivity index (χ3v) is 2.57. The predicted molar refractivity (Wildman–Crippen MR) is 59.8 cm³/mol. The fraction of sp³-hybridized carbons (Fsp3) is 0.364. The highest BCUT2D eigenvalue weighted by atomic mass is 19.1. The zero-order valence-corrected chi connectivity index (χ0v) is 9.17. The van der Waals surface area contributed by atoms with Gasteiger partial charge in [-0.2, -0.15) is 0 Å². The number of amides is 2. The van der Waals surface area contributed by atoms with E-state index in [0.29, 0.717) is 26.2 Å². The van der Waals surface area contributed by atoms with Crippen molar-refractivity contribution in [1.29, 1.82) is 0 Å². The minimum absolute atomic E-state index is 0.115. The topological polar surface area (TPSA) is 44.4 Å². The molecular formula is C11H13F2N3O. The molecule has 92 valence electrons. The Morgan fingerprint density at radius 2 is 2.24 bits per heavy atom. The average Bonchev–Trinajstić information content (AvgIpc) is 2.70. The molecule has 1 fully saturated rings. The zero-order chi connectivity index (χ0) is 12.3. The Hall–Kier alpha value is -1.85. The lowest BCUT2D eigenvalue weighted by Crippen LogP contribution is -2.32. The number of hydrogen-bond donors (Lipinski definition) is 2. The number of halogens is 2. The Bertz CT molecular complexity index is 425. The quantitative estimate of drug-likeness (QED) is 0.837. The van der Waals surface area contributed by atoms with Gasteiger partial charge in [0.2, 0.25) is 0 Å². The number of urea groups is 1. The molecule has 0 spiro atoms. The van der Waals surface area contributed by atoms with Crippen molar-refractivity contribution in [2.24, 2.45) is 0 Å². The van der Waals surface area contributed by atoms with Crippen LogP contribution in [0.25, 0.3) is 0 Å². The summed E-state index contributed by atoms with van der Waals surface area (Å²) < 4.78 is 26.1. The van der Waals surface area contributed by atoms with Gasteiger partial charge in [0.05, 0.1) is 5.69 Å². The fourth-order valence-corrected chi connectivity index (χ4v) is 1.68. The third-order valence-electron chi connectivity index (χ3n) is 2.57. The summed E-state index contributed by atoms with van der Waals surface area (Å²) in [5, 5.41) is 5.43. The van der Waals surface area contributed by atoms with E-state index in [-0.39, 0.29) is 11.7 Å². The second-order valence-electron chi connectivity index (χ2n) is 3.77. The van der Waals surface area contributed by atoms with Crippen LogP contribution in [-0.2, 0) is 0 Å². The van der Waals surface area contributed by atoms with Crippen molar-refractivity contribution in [2.75, 3.05) is 31.5 Å². The molecule has 0 aliphatic carbocycles. The molecule has 2 rings (SSSR count). The van der Waals surface area contributed by atoms with Crippen LogP contribution in [0.15, 0.2) is 18.2 Å². The van der Waals surface area contributed by atoms with Crippen LogP contribution in [0.2, 0.25) is 0 Å². The number of carbonyl (C=O) groups excluding carboxylic acids is 1. The number of nitrogens with one attached hydrogen (secondary N) is 2. The van der Waals surface area contributed by atoms with E-state index in [1.54, 1.807) is 4.90 Å². The second-order valence-corrected chi connectivity index (χ2v) is 3.77. The van der Waals surface area contributed by atoms with Gasteiger partial charge in [0.15, 0.2) is 0 Å². The van der Waals surface area contributed by atoms with Gasteiger partial charge in [-0.25, -0.2) is 13.6 Å². The van der Waals surface area contributed by atoms with Crippen molar-refractivity contribution in [3.8, 4) is 0 Å². The Morgan fingerprint density at radius 1 is 1.41 bits per heavy atom. The smallest absolute Gasteiger partial charge is 0.317 e. The molecule has 17 heavy (non-hydrogen) atoms. The van der Waals surface area contributed by atoms with E-state index in [1.165, 1.54) is 0 Å². The van der Waals surface area contributed by atoms with Crippen LogP contribution in [0.3, 0.4) is 0 Å². The SMILES string of the molecule is O=C1NCCN1CCNc1cc(F)ccc1F. The van der Waals surface area contributed by atoms with Crippen molar-refractivity contribution in [3.63, 3.8) is 0 Å². The molecule has 0 radical (unpaired) electrons. The molecule has 1 aromatic rings. The monoisotopic (exact) mass is 241 g/mol. The first-order chi connectivity index (χ1) is 8.16. The molecule has 1 heterocycles. The van der Waals surface area contributed by atoms with Crippen LogP contribution in [-0.4, -0.2) is 37.1 Å². The standard InChI is InChI=1S/C11H13F2N3O/c12-8-1-2-9(13)10(7-8)14-3-5-16-6-4-15-11(16)17/h1-2,7,14H,3-6H2,(H,15,17). The van der Waals surface area contributed by atoms with Gasteiger partial charge in [-0.3, -0.25) is 0 Å². The maximum Gasteiger partial charge on any atom is 0.317 e. The molecule has 0 saturated carbocycles. The summed E-state index contributed by atoms with van der Waals surface area (Å²) in [5.41, 5.74) is 0.115. The number of anilines is 1. The summed E-state index contributed by atoms with van der Waals surface area (Å²) in [5.74, 6) is -0.995. The van der Waals surface area contributed by atoms with Crippen LogP contribution < -0.4 is 10.6 Å². The number of nitrogens with zero attached hydrogens (tertiary/aromatic N) is 1. The molecule has 0 aromatic heterocycles. The van der Waals surface area contributed by atoms with Gasteiger partial charge in [-0.15, -0.1) is 0 Å². The Balaban J connectivity index is 1.85. The first kappa shape index (κ1) is 11.6. The molecular weight excluding hydrogens is 228 g/mol. The number of carbonyl (C=O) groups is 1. The minimum atomic E-state index is -0.503. The van der Waals surface area contributed by atoms with E-state index in [4.69, 9.17) is 0 Å². The molecule has 1 aromatic carbocycles. The van der Waals surface area contributed by atoms with E-state index >= 15 is 0 Å². The summed E-state index contributed by atoms with van der Waals surface area (Å²) in [6.07, 6.45) is 0. The molecule has 1 aliphatic heterocycles. The molecule has 0 atom stereocenters. The highest BCUT2D eigenvalue weighted by molar-refractivity contribution is 5.76. The van der Waals surface area contributed by atoms with E-state index in [9.17, 15) is 13.6 Å². The van der Waals surface area contributed by atoms with Crippen molar-refractivity contribution >= 4 is 11.7 Å². The number of hydrogen-bond acceptors (Lipinski definition) is 2. The van der Waals surface area contributed by atoms with Gasteiger partial charge in [0.25, 0.3) is 0 Å². The lowest BCUT2D eigenvalue weighted by Gasteiger charge is -2.15. The highest BCUT2D eigenvalue weighted by Crippen LogP contribution is 2.14. The van der Waals surface area contributed by atoms with Crippen molar-refractivity contribution in [2.45, 2.75) is 0 Å². The fourth-order valence-electron chi connectivity index (χ4n) is 1.68. The molecule has 2 N–H and O–H groups in total. The summed E-state index contributed by atoms with van der Waals surface area (Å²) in [7, 11) is 0. The lowest BCUT2D eigenvalue weighted by atomic mass is 10.3. The third kappa shape index (κ3) is 2.83. The average molecular weight is 241 g/mol. The van der Waals surface area contributed by atoms with Crippen molar-refractivity contribution in [1.82, 2.24) is 10.2 Å². The Kier molecular flexibility index (Phi) is 3.41. The lowest BCUT2D eigenvalue weighted by molar-refractivity contribution is 0.219.